The highest BCUT2D eigenvalue weighted by molar-refractivity contribution is 5.96. The number of nitrogens with zero attached hydrogens (tertiary/aromatic N) is 1. The molecule has 0 aromatic heterocycles. The van der Waals surface area contributed by atoms with E-state index in [2.05, 4.69) is 36.2 Å². The second kappa shape index (κ2) is 9.91. The summed E-state index contributed by atoms with van der Waals surface area (Å²) in [7, 11) is 2.05. The van der Waals surface area contributed by atoms with Gasteiger partial charge in [-0.3, -0.25) is 4.79 Å². The molecule has 0 aliphatic carbocycles. The molecule has 0 amide bonds. The first kappa shape index (κ1) is 19.9. The maximum atomic E-state index is 12.4. The number of ketones is 1. The number of Topliss-reactive ketones (excluding diaryl/α,β-unsaturated/α-hetero) is 1. The Bertz CT molecular complexity index is 801. The normalized spacial score (nSPS) is 10.4. The molecule has 0 heterocycles. The molecule has 3 aromatic carbocycles. The fourth-order valence-corrected chi connectivity index (χ4v) is 2.89. The van der Waals surface area contributed by atoms with E-state index >= 15 is 0 Å². The lowest BCUT2D eigenvalue weighted by molar-refractivity contribution is 0.0968. The molecule has 0 saturated carbocycles. The molecular weight excluding hydrogens is 342 g/mol. The van der Waals surface area contributed by atoms with Gasteiger partial charge in [-0.05, 0) is 23.7 Å². The maximum Gasteiger partial charge on any atom is 0.164 e. The average Bonchev–Trinajstić information content (AvgIpc) is 2.68. The highest BCUT2D eigenvalue weighted by Crippen LogP contribution is 2.19. The molecule has 0 aliphatic rings. The number of halogens is 1. The fraction of sp³-hybridized carbons (Fsp3) is 0.174. The molecule has 0 bridgehead atoms. The van der Waals surface area contributed by atoms with Crippen LogP contribution in [0, 0.1) is 0 Å². The third-order valence-electron chi connectivity index (χ3n) is 4.33. The van der Waals surface area contributed by atoms with E-state index in [9.17, 15) is 4.79 Å². The molecule has 0 aliphatic heterocycles. The van der Waals surface area contributed by atoms with Crippen molar-refractivity contribution < 1.29 is 4.79 Å². The van der Waals surface area contributed by atoms with Gasteiger partial charge in [0.15, 0.2) is 5.78 Å². The monoisotopic (exact) mass is 365 g/mol. The molecule has 0 N–H and O–H groups in total. The predicted octanol–water partition coefficient (Wildman–Crippen LogP) is 5.48. The molecule has 2 nitrogen and oxygen atoms in total. The van der Waals surface area contributed by atoms with Gasteiger partial charge >= 0.3 is 0 Å². The molecule has 3 rings (SSSR count). The van der Waals surface area contributed by atoms with Gasteiger partial charge in [-0.2, -0.15) is 0 Å². The number of rotatable bonds is 7. The number of carbonyl (C=O) groups is 1. The van der Waals surface area contributed by atoms with Crippen molar-refractivity contribution in [3.63, 3.8) is 0 Å². The Morgan fingerprint density at radius 2 is 1.31 bits per heavy atom. The van der Waals surface area contributed by atoms with Crippen molar-refractivity contribution in [1.29, 1.82) is 0 Å². The van der Waals surface area contributed by atoms with E-state index in [4.69, 9.17) is 0 Å². The van der Waals surface area contributed by atoms with Crippen LogP contribution in [-0.2, 0) is 6.54 Å². The van der Waals surface area contributed by atoms with Crippen LogP contribution in [0.3, 0.4) is 0 Å². The zero-order valence-corrected chi connectivity index (χ0v) is 15.8. The zero-order chi connectivity index (χ0) is 17.5. The van der Waals surface area contributed by atoms with Crippen molar-refractivity contribution in [1.82, 2.24) is 4.90 Å². The fourth-order valence-electron chi connectivity index (χ4n) is 2.89. The van der Waals surface area contributed by atoms with Crippen molar-refractivity contribution in [3.8, 4) is 11.1 Å². The molecule has 0 spiro atoms. The average molecular weight is 366 g/mol. The van der Waals surface area contributed by atoms with Crippen LogP contribution in [0.1, 0.15) is 22.3 Å². The van der Waals surface area contributed by atoms with Gasteiger partial charge in [-0.25, -0.2) is 0 Å². The molecule has 0 radical (unpaired) electrons. The van der Waals surface area contributed by atoms with Crippen molar-refractivity contribution in [2.75, 3.05) is 13.6 Å². The molecule has 3 aromatic rings. The number of carbonyl (C=O) groups excluding carboxylic acids is 1. The van der Waals surface area contributed by atoms with Gasteiger partial charge in [0.2, 0.25) is 0 Å². The summed E-state index contributed by atoms with van der Waals surface area (Å²) in [6.45, 7) is 1.62. The second-order valence-electron chi connectivity index (χ2n) is 6.34. The lowest BCUT2D eigenvalue weighted by atomic mass is 10.0. The van der Waals surface area contributed by atoms with E-state index in [0.717, 1.165) is 24.2 Å². The Kier molecular flexibility index (Phi) is 7.58. The van der Waals surface area contributed by atoms with E-state index in [0.29, 0.717) is 6.42 Å². The van der Waals surface area contributed by atoms with Crippen LogP contribution in [0.15, 0.2) is 84.9 Å². The van der Waals surface area contributed by atoms with Crippen LogP contribution in [0.5, 0.6) is 0 Å². The van der Waals surface area contributed by atoms with Crippen molar-refractivity contribution in [2.24, 2.45) is 0 Å². The van der Waals surface area contributed by atoms with Gasteiger partial charge in [0.1, 0.15) is 0 Å². The van der Waals surface area contributed by atoms with Gasteiger partial charge in [-0.1, -0.05) is 84.9 Å². The Balaban J connectivity index is 0.00000243. The largest absolute Gasteiger partial charge is 0.302 e. The third-order valence-corrected chi connectivity index (χ3v) is 4.33. The number of hydrogen-bond donors (Lipinski definition) is 0. The third kappa shape index (κ3) is 5.55. The molecule has 134 valence electrons. The van der Waals surface area contributed by atoms with Gasteiger partial charge in [0, 0.05) is 25.1 Å². The zero-order valence-electron chi connectivity index (χ0n) is 15.0. The van der Waals surface area contributed by atoms with Gasteiger partial charge in [0.25, 0.3) is 0 Å². The quantitative estimate of drug-likeness (QED) is 0.517. The first-order valence-corrected chi connectivity index (χ1v) is 8.63. The van der Waals surface area contributed by atoms with Crippen molar-refractivity contribution >= 4 is 18.2 Å². The smallest absolute Gasteiger partial charge is 0.164 e. The minimum absolute atomic E-state index is 0. The van der Waals surface area contributed by atoms with E-state index in [1.54, 1.807) is 0 Å². The minimum atomic E-state index is 0. The summed E-state index contributed by atoms with van der Waals surface area (Å²) in [4.78, 5) is 14.6. The Morgan fingerprint density at radius 1 is 0.769 bits per heavy atom. The summed E-state index contributed by atoms with van der Waals surface area (Å²) in [6, 6.07) is 28.5. The summed E-state index contributed by atoms with van der Waals surface area (Å²) in [5.74, 6) is 0.194. The van der Waals surface area contributed by atoms with Crippen LogP contribution < -0.4 is 0 Å². The van der Waals surface area contributed by atoms with Gasteiger partial charge in [0.05, 0.1) is 0 Å². The molecule has 26 heavy (non-hydrogen) atoms. The summed E-state index contributed by atoms with van der Waals surface area (Å²) < 4.78 is 0. The summed E-state index contributed by atoms with van der Waals surface area (Å²) in [5.41, 5.74) is 4.36. The summed E-state index contributed by atoms with van der Waals surface area (Å²) in [6.07, 6.45) is 0.536. The van der Waals surface area contributed by atoms with E-state index in [1.165, 1.54) is 11.1 Å². The molecule has 0 saturated heterocycles. The number of benzene rings is 3. The Labute approximate surface area is 161 Å². The molecule has 0 unspecified atom stereocenters. The van der Waals surface area contributed by atoms with Crippen LogP contribution in [0.4, 0.5) is 0 Å². The SMILES string of the molecule is CN(CCC(=O)c1ccc(-c2ccccc2)cc1)Cc1ccccc1.Cl. The minimum Gasteiger partial charge on any atom is -0.302 e. The van der Waals surface area contributed by atoms with Gasteiger partial charge in [-0.15, -0.1) is 12.4 Å². The first-order valence-electron chi connectivity index (χ1n) is 8.63. The summed E-state index contributed by atoms with van der Waals surface area (Å²) in [5, 5.41) is 0. The van der Waals surface area contributed by atoms with E-state index < -0.39 is 0 Å². The molecule has 0 fully saturated rings. The van der Waals surface area contributed by atoms with Crippen molar-refractivity contribution in [3.05, 3.63) is 96.1 Å². The van der Waals surface area contributed by atoms with Crippen LogP contribution >= 0.6 is 12.4 Å². The first-order chi connectivity index (χ1) is 12.2. The predicted molar refractivity (Wildman–Crippen MR) is 111 cm³/mol. The molecule has 3 heteroatoms. The molecular formula is C23H24ClNO. The van der Waals surface area contributed by atoms with Crippen LogP contribution in [0.2, 0.25) is 0 Å². The lowest BCUT2D eigenvalue weighted by Gasteiger charge is -2.16. The van der Waals surface area contributed by atoms with Crippen molar-refractivity contribution in [2.45, 2.75) is 13.0 Å². The summed E-state index contributed by atoms with van der Waals surface area (Å²) >= 11 is 0. The molecule has 0 atom stereocenters. The highest BCUT2D eigenvalue weighted by atomic mass is 35.5. The Hall–Kier alpha value is -2.42. The van der Waals surface area contributed by atoms with E-state index in [-0.39, 0.29) is 18.2 Å². The second-order valence-corrected chi connectivity index (χ2v) is 6.34. The van der Waals surface area contributed by atoms with Gasteiger partial charge < -0.3 is 4.90 Å². The Morgan fingerprint density at radius 3 is 1.92 bits per heavy atom. The van der Waals surface area contributed by atoms with Crippen LogP contribution in [-0.4, -0.2) is 24.3 Å². The topological polar surface area (TPSA) is 20.3 Å². The standard InChI is InChI=1S/C23H23NO.ClH/c1-24(18-19-8-4-2-5-9-19)17-16-23(25)22-14-12-21(13-15-22)20-10-6-3-7-11-20;/h2-15H,16-18H2,1H3;1H. The van der Waals surface area contributed by atoms with Crippen LogP contribution in [0.25, 0.3) is 11.1 Å². The maximum absolute atomic E-state index is 12.4. The highest BCUT2D eigenvalue weighted by Gasteiger charge is 2.08. The van der Waals surface area contributed by atoms with E-state index in [1.807, 2.05) is 60.7 Å². The lowest BCUT2D eigenvalue weighted by Crippen LogP contribution is -2.21. The number of hydrogen-bond acceptors (Lipinski definition) is 2.